The summed E-state index contributed by atoms with van der Waals surface area (Å²) in [4.78, 5) is 4.68. The van der Waals surface area contributed by atoms with Gasteiger partial charge in [0.25, 0.3) is 0 Å². The number of benzene rings is 3. The van der Waals surface area contributed by atoms with Crippen molar-refractivity contribution in [3.63, 3.8) is 0 Å². The van der Waals surface area contributed by atoms with Gasteiger partial charge in [-0.1, -0.05) is 42.5 Å². The SMILES string of the molecule is CCN=C1C=C/C(=C(\c2ccc(NCC)cc2C)c2ccccc2-c2ccc(NCC)c(C)c2)C=C1C. The largest absolute Gasteiger partial charge is 0.385 e. The van der Waals surface area contributed by atoms with Gasteiger partial charge in [0.2, 0.25) is 0 Å². The first-order chi connectivity index (χ1) is 18.0. The highest BCUT2D eigenvalue weighted by Crippen LogP contribution is 2.39. The van der Waals surface area contributed by atoms with E-state index in [1.54, 1.807) is 0 Å². The average Bonchev–Trinajstić information content (AvgIpc) is 2.89. The maximum atomic E-state index is 4.68. The van der Waals surface area contributed by atoms with Crippen LogP contribution in [0.2, 0.25) is 0 Å². The topological polar surface area (TPSA) is 36.4 Å². The van der Waals surface area contributed by atoms with Crippen molar-refractivity contribution in [3.8, 4) is 11.1 Å². The van der Waals surface area contributed by atoms with Gasteiger partial charge in [0.05, 0.1) is 5.71 Å². The molecule has 0 spiro atoms. The monoisotopic (exact) mass is 489 g/mol. The van der Waals surface area contributed by atoms with Crippen LogP contribution in [-0.4, -0.2) is 25.3 Å². The quantitative estimate of drug-likeness (QED) is 0.332. The van der Waals surface area contributed by atoms with E-state index in [0.29, 0.717) is 0 Å². The molecule has 1 aliphatic rings. The van der Waals surface area contributed by atoms with E-state index in [1.165, 1.54) is 55.8 Å². The molecule has 2 N–H and O–H groups in total. The molecular weight excluding hydrogens is 450 g/mol. The van der Waals surface area contributed by atoms with Crippen LogP contribution >= 0.6 is 0 Å². The van der Waals surface area contributed by atoms with E-state index >= 15 is 0 Å². The molecule has 0 heterocycles. The molecule has 0 fully saturated rings. The summed E-state index contributed by atoms with van der Waals surface area (Å²) in [7, 11) is 0. The first kappa shape index (κ1) is 26.2. The molecule has 1 aliphatic carbocycles. The van der Waals surface area contributed by atoms with E-state index in [4.69, 9.17) is 0 Å². The Morgan fingerprint density at radius 3 is 2.22 bits per heavy atom. The third kappa shape index (κ3) is 5.77. The zero-order chi connectivity index (χ0) is 26.4. The van der Waals surface area contributed by atoms with Crippen LogP contribution < -0.4 is 10.6 Å². The maximum absolute atomic E-state index is 4.68. The van der Waals surface area contributed by atoms with Crippen LogP contribution in [0.4, 0.5) is 11.4 Å². The van der Waals surface area contributed by atoms with Crippen molar-refractivity contribution in [1.82, 2.24) is 0 Å². The van der Waals surface area contributed by atoms with Gasteiger partial charge in [0, 0.05) is 31.0 Å². The Morgan fingerprint density at radius 1 is 0.757 bits per heavy atom. The molecule has 3 aromatic rings. The second-order valence-electron chi connectivity index (χ2n) is 9.52. The van der Waals surface area contributed by atoms with Crippen LogP contribution in [0.25, 0.3) is 16.7 Å². The average molecular weight is 490 g/mol. The van der Waals surface area contributed by atoms with Crippen molar-refractivity contribution in [3.05, 3.63) is 112 Å². The lowest BCUT2D eigenvalue weighted by Crippen LogP contribution is -2.05. The number of nitrogens with zero attached hydrogens (tertiary/aromatic N) is 1. The Kier molecular flexibility index (Phi) is 8.45. The predicted octanol–water partition coefficient (Wildman–Crippen LogP) is 8.61. The summed E-state index contributed by atoms with van der Waals surface area (Å²) in [6, 6.07) is 22.2. The van der Waals surface area contributed by atoms with Gasteiger partial charge in [0.15, 0.2) is 0 Å². The summed E-state index contributed by atoms with van der Waals surface area (Å²) in [5.74, 6) is 0. The molecule has 3 heteroatoms. The smallest absolute Gasteiger partial charge is 0.0603 e. The number of rotatable bonds is 8. The highest BCUT2D eigenvalue weighted by atomic mass is 14.9. The van der Waals surface area contributed by atoms with E-state index in [1.807, 2.05) is 0 Å². The van der Waals surface area contributed by atoms with E-state index in [2.05, 4.69) is 136 Å². The third-order valence-corrected chi connectivity index (χ3v) is 6.79. The number of aryl methyl sites for hydroxylation is 2. The fourth-order valence-electron chi connectivity index (χ4n) is 5.05. The molecule has 0 aliphatic heterocycles. The molecule has 0 saturated heterocycles. The maximum Gasteiger partial charge on any atom is 0.0603 e. The van der Waals surface area contributed by atoms with Gasteiger partial charge in [-0.25, -0.2) is 0 Å². The van der Waals surface area contributed by atoms with Gasteiger partial charge in [-0.2, -0.15) is 0 Å². The molecule has 3 aromatic carbocycles. The predicted molar refractivity (Wildman–Crippen MR) is 163 cm³/mol. The number of nitrogens with one attached hydrogen (secondary N) is 2. The molecule has 190 valence electrons. The van der Waals surface area contributed by atoms with Crippen LogP contribution in [-0.2, 0) is 0 Å². The molecule has 0 radical (unpaired) electrons. The summed E-state index contributed by atoms with van der Waals surface area (Å²) < 4.78 is 0. The molecule has 0 unspecified atom stereocenters. The van der Waals surface area contributed by atoms with E-state index < -0.39 is 0 Å². The summed E-state index contributed by atoms with van der Waals surface area (Å²) in [5.41, 5.74) is 14.5. The van der Waals surface area contributed by atoms with Crippen LogP contribution in [0.5, 0.6) is 0 Å². The van der Waals surface area contributed by atoms with Gasteiger partial charge in [-0.3, -0.25) is 4.99 Å². The van der Waals surface area contributed by atoms with Crippen molar-refractivity contribution in [2.75, 3.05) is 30.3 Å². The first-order valence-electron chi connectivity index (χ1n) is 13.4. The number of hydrogen-bond acceptors (Lipinski definition) is 3. The minimum absolute atomic E-state index is 0.785. The van der Waals surface area contributed by atoms with Crippen molar-refractivity contribution in [2.24, 2.45) is 4.99 Å². The lowest BCUT2D eigenvalue weighted by Gasteiger charge is -2.21. The first-order valence-corrected chi connectivity index (χ1v) is 13.4. The standard InChI is InChI=1S/C34H39N3/c1-7-35-28-16-17-29(23(4)22-28)34(27-15-19-33(37-9-3)25(6)21-27)31-13-11-10-12-30(31)26-14-18-32(36-8-2)24(5)20-26/h10-22,35-36H,7-9H2,1-6H3/b34-27-,37-33?. The van der Waals surface area contributed by atoms with Gasteiger partial charge in [-0.15, -0.1) is 0 Å². The second-order valence-corrected chi connectivity index (χ2v) is 9.52. The van der Waals surface area contributed by atoms with Crippen molar-refractivity contribution < 1.29 is 0 Å². The highest BCUT2D eigenvalue weighted by molar-refractivity contribution is 6.11. The fourth-order valence-corrected chi connectivity index (χ4v) is 5.05. The molecule has 0 bridgehead atoms. The molecule has 4 rings (SSSR count). The highest BCUT2D eigenvalue weighted by Gasteiger charge is 2.19. The van der Waals surface area contributed by atoms with Crippen molar-refractivity contribution >= 4 is 22.7 Å². The van der Waals surface area contributed by atoms with E-state index in [9.17, 15) is 0 Å². The minimum Gasteiger partial charge on any atom is -0.385 e. The van der Waals surface area contributed by atoms with E-state index in [-0.39, 0.29) is 0 Å². The molecule has 0 aromatic heterocycles. The van der Waals surface area contributed by atoms with Crippen LogP contribution in [0.1, 0.15) is 49.9 Å². The summed E-state index contributed by atoms with van der Waals surface area (Å²) in [6.45, 7) is 15.5. The summed E-state index contributed by atoms with van der Waals surface area (Å²) in [6.07, 6.45) is 6.68. The normalized spacial score (nSPS) is 15.5. The summed E-state index contributed by atoms with van der Waals surface area (Å²) >= 11 is 0. The Balaban J connectivity index is 1.96. The van der Waals surface area contributed by atoms with Gasteiger partial charge in [-0.05, 0) is 128 Å². The molecule has 0 atom stereocenters. The minimum atomic E-state index is 0.785. The van der Waals surface area contributed by atoms with Gasteiger partial charge < -0.3 is 10.6 Å². The fraction of sp³-hybridized carbons (Fsp3) is 0.265. The van der Waals surface area contributed by atoms with E-state index in [0.717, 1.165) is 31.0 Å². The Morgan fingerprint density at radius 2 is 1.54 bits per heavy atom. The van der Waals surface area contributed by atoms with Crippen molar-refractivity contribution in [2.45, 2.75) is 41.5 Å². The Labute approximate surface area is 222 Å². The molecule has 0 amide bonds. The van der Waals surface area contributed by atoms with Crippen LogP contribution in [0.3, 0.4) is 0 Å². The van der Waals surface area contributed by atoms with Gasteiger partial charge in [0.1, 0.15) is 0 Å². The number of allylic oxidation sites excluding steroid dienone is 5. The lowest BCUT2D eigenvalue weighted by atomic mass is 9.83. The molecular formula is C34H39N3. The molecule has 3 nitrogen and oxygen atoms in total. The molecule has 0 saturated carbocycles. The third-order valence-electron chi connectivity index (χ3n) is 6.79. The zero-order valence-electron chi connectivity index (χ0n) is 23.1. The van der Waals surface area contributed by atoms with Crippen LogP contribution in [0, 0.1) is 13.8 Å². The van der Waals surface area contributed by atoms with Gasteiger partial charge >= 0.3 is 0 Å². The second kappa shape index (κ2) is 11.9. The number of hydrogen-bond donors (Lipinski definition) is 2. The zero-order valence-corrected chi connectivity index (χ0v) is 23.1. The molecule has 37 heavy (non-hydrogen) atoms. The number of aliphatic imine (C=N–C) groups is 1. The van der Waals surface area contributed by atoms with Crippen molar-refractivity contribution in [1.29, 1.82) is 0 Å². The summed E-state index contributed by atoms with van der Waals surface area (Å²) in [5, 5.41) is 6.92. The Hall–Kier alpha value is -3.85. The Bertz CT molecular complexity index is 1400. The number of anilines is 2. The lowest BCUT2D eigenvalue weighted by molar-refractivity contribution is 1.13. The van der Waals surface area contributed by atoms with Crippen LogP contribution in [0.15, 0.2) is 95.0 Å².